The number of hydrogen-bond acceptors (Lipinski definition) is 2. The third kappa shape index (κ3) is 4.48. The summed E-state index contributed by atoms with van der Waals surface area (Å²) in [5.41, 5.74) is -0.357. The van der Waals surface area contributed by atoms with E-state index in [4.69, 9.17) is 0 Å². The summed E-state index contributed by atoms with van der Waals surface area (Å²) in [6.45, 7) is 8.06. The lowest BCUT2D eigenvalue weighted by Gasteiger charge is -2.15. The molecule has 60 valence electrons. The van der Waals surface area contributed by atoms with E-state index in [2.05, 4.69) is 19.0 Å². The van der Waals surface area contributed by atoms with Crippen molar-refractivity contribution in [1.82, 2.24) is 0 Å². The second kappa shape index (κ2) is 3.69. The molecule has 0 N–H and O–H groups in total. The Morgan fingerprint density at radius 3 is 2.20 bits per heavy atom. The van der Waals surface area contributed by atoms with Gasteiger partial charge in [0.2, 0.25) is 0 Å². The molecule has 0 radical (unpaired) electrons. The van der Waals surface area contributed by atoms with Crippen LogP contribution in [0.15, 0.2) is 5.18 Å². The van der Waals surface area contributed by atoms with E-state index in [1.54, 1.807) is 0 Å². The summed E-state index contributed by atoms with van der Waals surface area (Å²) in [4.78, 5) is 10.2. The standard InChI is InChI=1S/C8H17NO/c1-7(2)5-6-8(3,4)9-10/h7H,5-6H2,1-4H3. The maximum Gasteiger partial charge on any atom is 0.0970 e. The van der Waals surface area contributed by atoms with E-state index in [-0.39, 0.29) is 5.54 Å². The Balaban J connectivity index is 3.56. The van der Waals surface area contributed by atoms with Crippen molar-refractivity contribution < 1.29 is 0 Å². The van der Waals surface area contributed by atoms with Gasteiger partial charge in [0.05, 0.1) is 5.54 Å². The minimum Gasteiger partial charge on any atom is -0.150 e. The molecular formula is C8H17NO. The SMILES string of the molecule is CC(C)CCC(C)(C)N=O. The quantitative estimate of drug-likeness (QED) is 0.556. The molecule has 0 aromatic rings. The van der Waals surface area contributed by atoms with Crippen LogP contribution >= 0.6 is 0 Å². The maximum absolute atomic E-state index is 10.2. The highest BCUT2D eigenvalue weighted by Crippen LogP contribution is 2.18. The predicted octanol–water partition coefficient (Wildman–Crippen LogP) is 2.97. The van der Waals surface area contributed by atoms with Crippen molar-refractivity contribution in [3.8, 4) is 0 Å². The molecule has 0 rings (SSSR count). The minimum atomic E-state index is -0.357. The molecule has 0 saturated heterocycles. The predicted molar refractivity (Wildman–Crippen MR) is 43.9 cm³/mol. The molecule has 0 aliphatic carbocycles. The second-order valence-electron chi connectivity index (χ2n) is 3.84. The Morgan fingerprint density at radius 1 is 1.40 bits per heavy atom. The van der Waals surface area contributed by atoms with Crippen molar-refractivity contribution >= 4 is 0 Å². The largest absolute Gasteiger partial charge is 0.150 e. The fraction of sp³-hybridized carbons (Fsp3) is 1.00. The molecule has 0 atom stereocenters. The molecule has 0 amide bonds. The van der Waals surface area contributed by atoms with Crippen molar-refractivity contribution in [3.05, 3.63) is 4.91 Å². The van der Waals surface area contributed by atoms with Gasteiger partial charge in [-0.25, -0.2) is 0 Å². The number of hydrogen-bond donors (Lipinski definition) is 0. The van der Waals surface area contributed by atoms with Crippen LogP contribution in [0, 0.1) is 10.8 Å². The molecule has 0 saturated carbocycles. The Bertz CT molecular complexity index is 108. The summed E-state index contributed by atoms with van der Waals surface area (Å²) in [7, 11) is 0. The van der Waals surface area contributed by atoms with E-state index in [1.807, 2.05) is 13.8 Å². The monoisotopic (exact) mass is 143 g/mol. The van der Waals surface area contributed by atoms with Crippen LogP contribution in [0.4, 0.5) is 0 Å². The zero-order chi connectivity index (χ0) is 8.20. The van der Waals surface area contributed by atoms with Crippen LogP contribution in [0.2, 0.25) is 0 Å². The highest BCUT2D eigenvalue weighted by molar-refractivity contribution is 4.76. The van der Waals surface area contributed by atoms with E-state index in [0.717, 1.165) is 12.8 Å². The molecule has 0 bridgehead atoms. The van der Waals surface area contributed by atoms with Crippen LogP contribution in [0.3, 0.4) is 0 Å². The first-order valence-corrected chi connectivity index (χ1v) is 3.82. The lowest BCUT2D eigenvalue weighted by Crippen LogP contribution is -2.16. The van der Waals surface area contributed by atoms with Gasteiger partial charge in [0.25, 0.3) is 0 Å². The van der Waals surface area contributed by atoms with Gasteiger partial charge in [0, 0.05) is 0 Å². The Morgan fingerprint density at radius 2 is 1.90 bits per heavy atom. The van der Waals surface area contributed by atoms with Gasteiger partial charge in [-0.2, -0.15) is 4.91 Å². The van der Waals surface area contributed by atoms with E-state index < -0.39 is 0 Å². The average molecular weight is 143 g/mol. The van der Waals surface area contributed by atoms with Crippen LogP contribution < -0.4 is 0 Å². The van der Waals surface area contributed by atoms with Gasteiger partial charge in [-0.1, -0.05) is 19.0 Å². The minimum absolute atomic E-state index is 0.357. The summed E-state index contributed by atoms with van der Waals surface area (Å²) in [5, 5.41) is 3.04. The van der Waals surface area contributed by atoms with Gasteiger partial charge < -0.3 is 0 Å². The lowest BCUT2D eigenvalue weighted by molar-refractivity contribution is 0.414. The molecule has 0 aromatic heterocycles. The first kappa shape index (κ1) is 9.60. The number of nitrogens with zero attached hydrogens (tertiary/aromatic N) is 1. The highest BCUT2D eigenvalue weighted by Gasteiger charge is 2.17. The molecule has 0 fully saturated rings. The molecule has 0 aliphatic rings. The molecule has 2 heteroatoms. The third-order valence-corrected chi connectivity index (χ3v) is 1.58. The van der Waals surface area contributed by atoms with Crippen molar-refractivity contribution in [1.29, 1.82) is 0 Å². The van der Waals surface area contributed by atoms with E-state index in [1.165, 1.54) is 0 Å². The molecule has 0 aromatic carbocycles. The topological polar surface area (TPSA) is 29.4 Å². The number of nitroso groups, excluding NO2 is 1. The van der Waals surface area contributed by atoms with Gasteiger partial charge in [0.1, 0.15) is 0 Å². The van der Waals surface area contributed by atoms with Gasteiger partial charge in [-0.3, -0.25) is 0 Å². The summed E-state index contributed by atoms with van der Waals surface area (Å²) in [6, 6.07) is 0. The van der Waals surface area contributed by atoms with E-state index in [0.29, 0.717) is 5.92 Å². The normalized spacial score (nSPS) is 12.1. The second-order valence-corrected chi connectivity index (χ2v) is 3.84. The summed E-state index contributed by atoms with van der Waals surface area (Å²) in [5.74, 6) is 0.668. The molecule has 0 spiro atoms. The fourth-order valence-electron chi connectivity index (χ4n) is 0.688. The van der Waals surface area contributed by atoms with Crippen LogP contribution in [0.1, 0.15) is 40.5 Å². The first-order valence-electron chi connectivity index (χ1n) is 3.82. The van der Waals surface area contributed by atoms with Crippen LogP contribution in [0.5, 0.6) is 0 Å². The van der Waals surface area contributed by atoms with Crippen molar-refractivity contribution in [2.24, 2.45) is 11.1 Å². The highest BCUT2D eigenvalue weighted by atomic mass is 16.3. The molecule has 10 heavy (non-hydrogen) atoms. The van der Waals surface area contributed by atoms with Gasteiger partial charge in [-0.15, -0.1) is 0 Å². The zero-order valence-corrected chi connectivity index (χ0v) is 7.35. The van der Waals surface area contributed by atoms with Crippen molar-refractivity contribution in [3.63, 3.8) is 0 Å². The Labute approximate surface area is 63.0 Å². The molecular weight excluding hydrogens is 126 g/mol. The Hall–Kier alpha value is -0.400. The summed E-state index contributed by atoms with van der Waals surface area (Å²) < 4.78 is 0. The molecule has 0 heterocycles. The summed E-state index contributed by atoms with van der Waals surface area (Å²) in [6.07, 6.45) is 1.98. The van der Waals surface area contributed by atoms with Gasteiger partial charge >= 0.3 is 0 Å². The Kier molecular flexibility index (Phi) is 3.54. The lowest BCUT2D eigenvalue weighted by atomic mass is 9.95. The fourth-order valence-corrected chi connectivity index (χ4v) is 0.688. The number of rotatable bonds is 4. The zero-order valence-electron chi connectivity index (χ0n) is 7.35. The third-order valence-electron chi connectivity index (χ3n) is 1.58. The average Bonchev–Trinajstić information content (AvgIpc) is 1.85. The van der Waals surface area contributed by atoms with Gasteiger partial charge in [-0.05, 0) is 32.6 Å². The molecule has 0 aliphatic heterocycles. The van der Waals surface area contributed by atoms with E-state index >= 15 is 0 Å². The first-order chi connectivity index (χ1) is 4.48. The van der Waals surface area contributed by atoms with Crippen LogP contribution in [-0.2, 0) is 0 Å². The van der Waals surface area contributed by atoms with Gasteiger partial charge in [0.15, 0.2) is 0 Å². The smallest absolute Gasteiger partial charge is 0.0970 e. The van der Waals surface area contributed by atoms with Crippen molar-refractivity contribution in [2.75, 3.05) is 0 Å². The van der Waals surface area contributed by atoms with E-state index in [9.17, 15) is 4.91 Å². The summed E-state index contributed by atoms with van der Waals surface area (Å²) >= 11 is 0. The molecule has 0 unspecified atom stereocenters. The molecule has 2 nitrogen and oxygen atoms in total. The van der Waals surface area contributed by atoms with Crippen LogP contribution in [0.25, 0.3) is 0 Å². The van der Waals surface area contributed by atoms with Crippen LogP contribution in [-0.4, -0.2) is 5.54 Å². The van der Waals surface area contributed by atoms with Crippen molar-refractivity contribution in [2.45, 2.75) is 46.1 Å². The maximum atomic E-state index is 10.2.